The second-order valence-corrected chi connectivity index (χ2v) is 4.92. The number of phenolic OH excluding ortho intramolecular Hbond substituents is 1. The van der Waals surface area contributed by atoms with Crippen LogP contribution >= 0.6 is 0 Å². The van der Waals surface area contributed by atoms with Gasteiger partial charge in [0, 0.05) is 30.0 Å². The van der Waals surface area contributed by atoms with Crippen LogP contribution in [0.5, 0.6) is 5.75 Å². The molecule has 1 aliphatic carbocycles. The van der Waals surface area contributed by atoms with Crippen molar-refractivity contribution in [2.45, 2.75) is 44.6 Å². The van der Waals surface area contributed by atoms with Gasteiger partial charge in [-0.3, -0.25) is 15.1 Å². The molecule has 19 heavy (non-hydrogen) atoms. The van der Waals surface area contributed by atoms with Crippen LogP contribution in [0.15, 0.2) is 23.2 Å². The molecular weight excluding hydrogens is 244 g/mol. The third-order valence-corrected chi connectivity index (χ3v) is 3.47. The van der Waals surface area contributed by atoms with Gasteiger partial charge in [0.1, 0.15) is 5.75 Å². The van der Waals surface area contributed by atoms with E-state index in [4.69, 9.17) is 0 Å². The Morgan fingerprint density at radius 3 is 2.58 bits per heavy atom. The quantitative estimate of drug-likeness (QED) is 0.392. The van der Waals surface area contributed by atoms with Gasteiger partial charge in [0.15, 0.2) is 0 Å². The summed E-state index contributed by atoms with van der Waals surface area (Å²) in [7, 11) is 0. The van der Waals surface area contributed by atoms with Crippen molar-refractivity contribution in [3.63, 3.8) is 0 Å². The number of aliphatic imine (C=N–C) groups is 1. The summed E-state index contributed by atoms with van der Waals surface area (Å²) in [5, 5.41) is 20.4. The number of nitrogens with zero attached hydrogens (tertiary/aromatic N) is 2. The van der Waals surface area contributed by atoms with Gasteiger partial charge in [0.25, 0.3) is 5.69 Å². The molecule has 5 nitrogen and oxygen atoms in total. The minimum absolute atomic E-state index is 0.0277. The Morgan fingerprint density at radius 1 is 1.26 bits per heavy atom. The number of nitro benzene ring substituents is 1. The lowest BCUT2D eigenvalue weighted by Gasteiger charge is -2.07. The SMILES string of the molecule is O=[N+]([O-])c1ccc(O)c(C=NC2CCCCCC2)c1. The largest absolute Gasteiger partial charge is 0.507 e. The Kier molecular flexibility index (Phi) is 4.49. The first-order chi connectivity index (χ1) is 9.16. The van der Waals surface area contributed by atoms with Gasteiger partial charge >= 0.3 is 0 Å². The van der Waals surface area contributed by atoms with E-state index in [1.165, 1.54) is 43.9 Å². The number of non-ortho nitro benzene ring substituents is 1. The van der Waals surface area contributed by atoms with Crippen molar-refractivity contribution in [1.82, 2.24) is 0 Å². The molecule has 1 aromatic carbocycles. The van der Waals surface area contributed by atoms with E-state index in [1.807, 2.05) is 0 Å². The maximum Gasteiger partial charge on any atom is 0.270 e. The summed E-state index contributed by atoms with van der Waals surface area (Å²) in [5.41, 5.74) is 0.388. The Balaban J connectivity index is 2.12. The van der Waals surface area contributed by atoms with Crippen LogP contribution in [0.1, 0.15) is 44.1 Å². The average molecular weight is 262 g/mol. The van der Waals surface area contributed by atoms with Gasteiger partial charge < -0.3 is 5.11 Å². The van der Waals surface area contributed by atoms with Crippen LogP contribution in [0, 0.1) is 10.1 Å². The molecule has 0 heterocycles. The maximum atomic E-state index is 10.7. The van der Waals surface area contributed by atoms with Crippen LogP contribution in [0.4, 0.5) is 5.69 Å². The van der Waals surface area contributed by atoms with Gasteiger partial charge in [-0.1, -0.05) is 25.7 Å². The molecule has 0 bridgehead atoms. The normalized spacial score (nSPS) is 17.5. The summed E-state index contributed by atoms with van der Waals surface area (Å²) >= 11 is 0. The zero-order chi connectivity index (χ0) is 13.7. The van der Waals surface area contributed by atoms with Crippen LogP contribution in [-0.4, -0.2) is 22.3 Å². The third kappa shape index (κ3) is 3.77. The van der Waals surface area contributed by atoms with Gasteiger partial charge in [-0.25, -0.2) is 0 Å². The summed E-state index contributed by atoms with van der Waals surface area (Å²) in [6.45, 7) is 0. The predicted octanol–water partition coefficient (Wildman–Crippen LogP) is 3.44. The van der Waals surface area contributed by atoms with Gasteiger partial charge in [0.05, 0.1) is 4.92 Å². The van der Waals surface area contributed by atoms with E-state index < -0.39 is 4.92 Å². The third-order valence-electron chi connectivity index (χ3n) is 3.47. The first kappa shape index (κ1) is 13.5. The van der Waals surface area contributed by atoms with Gasteiger partial charge in [0.2, 0.25) is 0 Å². The van der Waals surface area contributed by atoms with Gasteiger partial charge in [-0.15, -0.1) is 0 Å². The fourth-order valence-electron chi connectivity index (χ4n) is 2.35. The van der Waals surface area contributed by atoms with Gasteiger partial charge in [-0.2, -0.15) is 0 Å². The van der Waals surface area contributed by atoms with Crippen LogP contribution in [0.2, 0.25) is 0 Å². The molecule has 0 saturated heterocycles. The molecule has 0 spiro atoms. The monoisotopic (exact) mass is 262 g/mol. The molecule has 0 aliphatic heterocycles. The lowest BCUT2D eigenvalue weighted by molar-refractivity contribution is -0.384. The van der Waals surface area contributed by atoms with Crippen molar-refractivity contribution in [2.75, 3.05) is 0 Å². The predicted molar refractivity (Wildman–Crippen MR) is 73.8 cm³/mol. The number of aromatic hydroxyl groups is 1. The summed E-state index contributed by atoms with van der Waals surface area (Å²) < 4.78 is 0. The summed E-state index contributed by atoms with van der Waals surface area (Å²) in [4.78, 5) is 14.7. The molecule has 0 unspecified atom stereocenters. The van der Waals surface area contributed by atoms with E-state index >= 15 is 0 Å². The molecule has 0 radical (unpaired) electrons. The molecule has 0 amide bonds. The number of hydrogen-bond acceptors (Lipinski definition) is 4. The summed E-state index contributed by atoms with van der Waals surface area (Å²) in [5.74, 6) is 0.0305. The molecular formula is C14H18N2O3. The number of phenols is 1. The van der Waals surface area contributed by atoms with E-state index in [1.54, 1.807) is 6.21 Å². The number of nitro groups is 1. The molecule has 0 atom stereocenters. The highest BCUT2D eigenvalue weighted by atomic mass is 16.6. The first-order valence-electron chi connectivity index (χ1n) is 6.67. The minimum atomic E-state index is -0.470. The van der Waals surface area contributed by atoms with Crippen molar-refractivity contribution in [3.05, 3.63) is 33.9 Å². The highest BCUT2D eigenvalue weighted by Gasteiger charge is 2.12. The Hall–Kier alpha value is -1.91. The molecule has 102 valence electrons. The Bertz CT molecular complexity index is 478. The molecule has 2 rings (SSSR count). The minimum Gasteiger partial charge on any atom is -0.507 e. The average Bonchev–Trinajstić information content (AvgIpc) is 2.66. The van der Waals surface area contributed by atoms with Crippen molar-refractivity contribution < 1.29 is 10.0 Å². The van der Waals surface area contributed by atoms with E-state index in [0.717, 1.165) is 12.8 Å². The molecule has 1 aliphatic rings. The summed E-state index contributed by atoms with van der Waals surface area (Å²) in [6.07, 6.45) is 8.57. The van der Waals surface area contributed by atoms with Crippen molar-refractivity contribution in [1.29, 1.82) is 0 Å². The van der Waals surface area contributed by atoms with E-state index in [0.29, 0.717) is 5.56 Å². The number of rotatable bonds is 3. The lowest BCUT2D eigenvalue weighted by Crippen LogP contribution is -2.02. The lowest BCUT2D eigenvalue weighted by atomic mass is 10.1. The van der Waals surface area contributed by atoms with Gasteiger partial charge in [-0.05, 0) is 18.9 Å². The van der Waals surface area contributed by atoms with E-state index in [-0.39, 0.29) is 17.5 Å². The van der Waals surface area contributed by atoms with Crippen molar-refractivity contribution in [2.24, 2.45) is 4.99 Å². The summed E-state index contributed by atoms with van der Waals surface area (Å²) in [6, 6.07) is 4.27. The maximum absolute atomic E-state index is 10.7. The molecule has 1 saturated carbocycles. The van der Waals surface area contributed by atoms with Crippen LogP contribution < -0.4 is 0 Å². The van der Waals surface area contributed by atoms with E-state index in [9.17, 15) is 15.2 Å². The van der Waals surface area contributed by atoms with Crippen molar-refractivity contribution in [3.8, 4) is 5.75 Å². The van der Waals surface area contributed by atoms with Crippen LogP contribution in [-0.2, 0) is 0 Å². The highest BCUT2D eigenvalue weighted by molar-refractivity contribution is 5.84. The van der Waals surface area contributed by atoms with Crippen LogP contribution in [0.25, 0.3) is 0 Å². The first-order valence-corrected chi connectivity index (χ1v) is 6.67. The standard InChI is InChI=1S/C14H18N2O3/c17-14-8-7-13(16(18)19)9-11(14)10-15-12-5-3-1-2-4-6-12/h7-10,12,17H,1-6H2. The Morgan fingerprint density at radius 2 is 1.95 bits per heavy atom. The smallest absolute Gasteiger partial charge is 0.270 e. The molecule has 1 fully saturated rings. The van der Waals surface area contributed by atoms with Crippen LogP contribution in [0.3, 0.4) is 0 Å². The fourth-order valence-corrected chi connectivity index (χ4v) is 2.35. The highest BCUT2D eigenvalue weighted by Crippen LogP contribution is 2.23. The van der Waals surface area contributed by atoms with Crippen molar-refractivity contribution >= 4 is 11.9 Å². The zero-order valence-corrected chi connectivity index (χ0v) is 10.8. The topological polar surface area (TPSA) is 75.7 Å². The molecule has 0 aromatic heterocycles. The zero-order valence-electron chi connectivity index (χ0n) is 10.8. The molecule has 1 N–H and O–H groups in total. The number of hydrogen-bond donors (Lipinski definition) is 1. The van der Waals surface area contributed by atoms with E-state index in [2.05, 4.69) is 4.99 Å². The fraction of sp³-hybridized carbons (Fsp3) is 0.500. The molecule has 1 aromatic rings. The Labute approximate surface area is 112 Å². The second kappa shape index (κ2) is 6.31. The second-order valence-electron chi connectivity index (χ2n) is 4.92. The molecule has 5 heteroatoms. The number of benzene rings is 1.